The van der Waals surface area contributed by atoms with Crippen molar-refractivity contribution in [3.05, 3.63) is 59.7 Å². The number of hydrogen-bond acceptors (Lipinski definition) is 3. The highest BCUT2D eigenvalue weighted by Crippen LogP contribution is 2.28. The van der Waals surface area contributed by atoms with Crippen LogP contribution in [0.3, 0.4) is 0 Å². The molecule has 150 valence electrons. The van der Waals surface area contributed by atoms with Crippen LogP contribution < -0.4 is 10.1 Å². The van der Waals surface area contributed by atoms with Gasteiger partial charge in [0.1, 0.15) is 5.75 Å². The number of anilines is 1. The molecular formula is C23H30N2O3. The van der Waals surface area contributed by atoms with Gasteiger partial charge in [-0.1, -0.05) is 32.0 Å². The summed E-state index contributed by atoms with van der Waals surface area (Å²) in [6, 6.07) is 14.8. The summed E-state index contributed by atoms with van der Waals surface area (Å²) in [5.41, 5.74) is 2.36. The van der Waals surface area contributed by atoms with Crippen LogP contribution >= 0.6 is 0 Å². The van der Waals surface area contributed by atoms with Crippen LogP contribution in [0.4, 0.5) is 5.69 Å². The van der Waals surface area contributed by atoms with Crippen molar-refractivity contribution in [3.8, 4) is 5.75 Å². The van der Waals surface area contributed by atoms with Crippen molar-refractivity contribution >= 4 is 17.5 Å². The van der Waals surface area contributed by atoms with E-state index in [1.807, 2.05) is 38.1 Å². The van der Waals surface area contributed by atoms with Gasteiger partial charge in [-0.05, 0) is 62.1 Å². The summed E-state index contributed by atoms with van der Waals surface area (Å²) >= 11 is 0. The second-order valence-electron chi connectivity index (χ2n) is 6.74. The molecule has 0 bridgehead atoms. The molecule has 0 radical (unpaired) electrons. The molecule has 0 saturated carbocycles. The van der Waals surface area contributed by atoms with E-state index in [-0.39, 0.29) is 18.4 Å². The van der Waals surface area contributed by atoms with E-state index in [1.54, 1.807) is 29.2 Å². The van der Waals surface area contributed by atoms with Crippen LogP contribution in [0.2, 0.25) is 0 Å². The number of carbonyl (C=O) groups excluding carboxylic acids is 2. The average molecular weight is 383 g/mol. The Morgan fingerprint density at radius 1 is 1.00 bits per heavy atom. The summed E-state index contributed by atoms with van der Waals surface area (Å²) in [7, 11) is 0. The number of nitrogens with one attached hydrogen (secondary N) is 1. The summed E-state index contributed by atoms with van der Waals surface area (Å²) in [5, 5.41) is 2.81. The third-order valence-corrected chi connectivity index (χ3v) is 4.89. The van der Waals surface area contributed by atoms with Crippen LogP contribution in [0.25, 0.3) is 0 Å². The number of para-hydroxylation sites is 1. The first kappa shape index (κ1) is 21.5. The fourth-order valence-corrected chi connectivity index (χ4v) is 2.97. The number of amides is 2. The number of carbonyl (C=O) groups is 2. The Labute approximate surface area is 167 Å². The van der Waals surface area contributed by atoms with Crippen molar-refractivity contribution < 1.29 is 14.3 Å². The minimum absolute atomic E-state index is 0.00661. The Bertz CT molecular complexity index is 783. The van der Waals surface area contributed by atoms with Gasteiger partial charge in [0.2, 0.25) is 0 Å². The standard InChI is InChI=1S/C23H30N2O3/c1-5-17(4)20-10-8-9-11-21(20)28-16-22(26)24-19-14-12-18(13-15-19)23(27)25(6-2)7-3/h8-15,17H,5-7,16H2,1-4H3,(H,24,26). The fourth-order valence-electron chi connectivity index (χ4n) is 2.97. The van der Waals surface area contributed by atoms with E-state index in [9.17, 15) is 9.59 Å². The first-order valence-electron chi connectivity index (χ1n) is 9.90. The third kappa shape index (κ3) is 5.59. The minimum Gasteiger partial charge on any atom is -0.483 e. The van der Waals surface area contributed by atoms with Gasteiger partial charge >= 0.3 is 0 Å². The van der Waals surface area contributed by atoms with Crippen molar-refractivity contribution in [1.82, 2.24) is 4.90 Å². The van der Waals surface area contributed by atoms with Crippen LogP contribution in [0.15, 0.2) is 48.5 Å². The van der Waals surface area contributed by atoms with E-state index in [1.165, 1.54) is 0 Å². The minimum atomic E-state index is -0.234. The van der Waals surface area contributed by atoms with Gasteiger partial charge in [-0.15, -0.1) is 0 Å². The lowest BCUT2D eigenvalue weighted by atomic mass is 9.98. The number of hydrogen-bond donors (Lipinski definition) is 1. The SMILES string of the molecule is CCC(C)c1ccccc1OCC(=O)Nc1ccc(C(=O)N(CC)CC)cc1. The van der Waals surface area contributed by atoms with Gasteiger partial charge < -0.3 is 15.0 Å². The number of rotatable bonds is 9. The van der Waals surface area contributed by atoms with Crippen molar-refractivity contribution in [2.75, 3.05) is 25.0 Å². The highest BCUT2D eigenvalue weighted by molar-refractivity contribution is 5.96. The fraction of sp³-hybridized carbons (Fsp3) is 0.391. The zero-order valence-corrected chi connectivity index (χ0v) is 17.2. The van der Waals surface area contributed by atoms with E-state index < -0.39 is 0 Å². The quantitative estimate of drug-likeness (QED) is 0.684. The molecule has 0 fully saturated rings. The van der Waals surface area contributed by atoms with Crippen molar-refractivity contribution in [2.45, 2.75) is 40.0 Å². The Kier molecular flexibility index (Phi) is 8.05. The first-order chi connectivity index (χ1) is 13.5. The van der Waals surface area contributed by atoms with E-state index >= 15 is 0 Å². The summed E-state index contributed by atoms with van der Waals surface area (Å²) in [6.45, 7) is 9.46. The van der Waals surface area contributed by atoms with Gasteiger partial charge in [-0.25, -0.2) is 0 Å². The van der Waals surface area contributed by atoms with Gasteiger partial charge in [-0.2, -0.15) is 0 Å². The van der Waals surface area contributed by atoms with Gasteiger partial charge in [0.05, 0.1) is 0 Å². The van der Waals surface area contributed by atoms with Gasteiger partial charge in [0, 0.05) is 24.3 Å². The lowest BCUT2D eigenvalue weighted by molar-refractivity contribution is -0.118. The summed E-state index contributed by atoms with van der Waals surface area (Å²) in [4.78, 5) is 26.3. The second kappa shape index (κ2) is 10.5. The van der Waals surface area contributed by atoms with Gasteiger partial charge in [0.25, 0.3) is 11.8 Å². The normalized spacial score (nSPS) is 11.6. The summed E-state index contributed by atoms with van der Waals surface area (Å²) < 4.78 is 5.74. The lowest BCUT2D eigenvalue weighted by Gasteiger charge is -2.18. The Morgan fingerprint density at radius 2 is 1.64 bits per heavy atom. The first-order valence-corrected chi connectivity index (χ1v) is 9.90. The van der Waals surface area contributed by atoms with Crippen LogP contribution in [-0.2, 0) is 4.79 Å². The molecule has 0 aliphatic carbocycles. The molecule has 5 heteroatoms. The number of ether oxygens (including phenoxy) is 1. The molecule has 0 heterocycles. The third-order valence-electron chi connectivity index (χ3n) is 4.89. The maximum absolute atomic E-state index is 12.3. The molecule has 2 amide bonds. The predicted octanol–water partition coefficient (Wildman–Crippen LogP) is 4.70. The molecule has 5 nitrogen and oxygen atoms in total. The van der Waals surface area contributed by atoms with E-state index in [4.69, 9.17) is 4.74 Å². The van der Waals surface area contributed by atoms with Gasteiger partial charge in [0.15, 0.2) is 6.61 Å². The van der Waals surface area contributed by atoms with Crippen molar-refractivity contribution in [3.63, 3.8) is 0 Å². The van der Waals surface area contributed by atoms with Crippen molar-refractivity contribution in [1.29, 1.82) is 0 Å². The zero-order valence-electron chi connectivity index (χ0n) is 17.2. The average Bonchev–Trinajstić information content (AvgIpc) is 2.73. The molecule has 0 saturated heterocycles. The Morgan fingerprint density at radius 3 is 2.25 bits per heavy atom. The smallest absolute Gasteiger partial charge is 0.262 e. The molecule has 1 N–H and O–H groups in total. The largest absolute Gasteiger partial charge is 0.483 e. The van der Waals surface area contributed by atoms with Crippen LogP contribution in [-0.4, -0.2) is 36.4 Å². The van der Waals surface area contributed by atoms with Crippen LogP contribution in [0.5, 0.6) is 5.75 Å². The highest BCUT2D eigenvalue weighted by Gasteiger charge is 2.13. The molecule has 0 spiro atoms. The summed E-state index contributed by atoms with van der Waals surface area (Å²) in [5.74, 6) is 0.872. The summed E-state index contributed by atoms with van der Waals surface area (Å²) in [6.07, 6.45) is 1.01. The molecule has 0 aliphatic heterocycles. The second-order valence-corrected chi connectivity index (χ2v) is 6.74. The molecule has 2 rings (SSSR count). The predicted molar refractivity (Wildman–Crippen MR) is 113 cm³/mol. The van der Waals surface area contributed by atoms with Crippen molar-refractivity contribution in [2.24, 2.45) is 0 Å². The molecule has 0 aliphatic rings. The maximum atomic E-state index is 12.3. The van der Waals surface area contributed by atoms with E-state index in [0.717, 1.165) is 17.7 Å². The molecule has 2 aromatic carbocycles. The molecule has 1 unspecified atom stereocenters. The Balaban J connectivity index is 1.95. The van der Waals surface area contributed by atoms with Gasteiger partial charge in [-0.3, -0.25) is 9.59 Å². The number of benzene rings is 2. The van der Waals surface area contributed by atoms with Crippen LogP contribution in [0, 0.1) is 0 Å². The zero-order chi connectivity index (χ0) is 20.5. The maximum Gasteiger partial charge on any atom is 0.262 e. The molecule has 0 aromatic heterocycles. The Hall–Kier alpha value is -2.82. The highest BCUT2D eigenvalue weighted by atomic mass is 16.5. The molecule has 2 aromatic rings. The molecular weight excluding hydrogens is 352 g/mol. The topological polar surface area (TPSA) is 58.6 Å². The monoisotopic (exact) mass is 382 g/mol. The molecule has 1 atom stereocenters. The van der Waals surface area contributed by atoms with E-state index in [0.29, 0.717) is 30.3 Å². The molecule has 28 heavy (non-hydrogen) atoms. The number of nitrogens with zero attached hydrogens (tertiary/aromatic N) is 1. The van der Waals surface area contributed by atoms with Crippen LogP contribution in [0.1, 0.15) is 56.0 Å². The van der Waals surface area contributed by atoms with E-state index in [2.05, 4.69) is 19.2 Å². The lowest BCUT2D eigenvalue weighted by Crippen LogP contribution is -2.30.